The van der Waals surface area contributed by atoms with Crippen LogP contribution in [-0.2, 0) is 12.6 Å². The van der Waals surface area contributed by atoms with Crippen molar-refractivity contribution in [2.45, 2.75) is 18.6 Å². The zero-order valence-corrected chi connectivity index (χ0v) is 18.2. The number of H-pyrrole nitrogens is 1. The van der Waals surface area contributed by atoms with Crippen molar-refractivity contribution >= 4 is 11.5 Å². The summed E-state index contributed by atoms with van der Waals surface area (Å²) in [6, 6.07) is 6.76. The van der Waals surface area contributed by atoms with Crippen LogP contribution >= 0.6 is 0 Å². The molecule has 10 nitrogen and oxygen atoms in total. The number of rotatable bonds is 4. The highest BCUT2D eigenvalue weighted by Crippen LogP contribution is 2.39. The summed E-state index contributed by atoms with van der Waals surface area (Å²) in [5, 5.41) is 12.8. The molecule has 0 aliphatic carbocycles. The van der Waals surface area contributed by atoms with Gasteiger partial charge >= 0.3 is 12.2 Å². The van der Waals surface area contributed by atoms with Crippen LogP contribution in [0.3, 0.4) is 0 Å². The van der Waals surface area contributed by atoms with Crippen LogP contribution in [0.1, 0.15) is 28.7 Å². The minimum absolute atomic E-state index is 0.0480. The van der Waals surface area contributed by atoms with Gasteiger partial charge in [-0.05, 0) is 24.3 Å². The van der Waals surface area contributed by atoms with Gasteiger partial charge in [0, 0.05) is 37.1 Å². The molecular weight excluding hydrogens is 465 g/mol. The topological polar surface area (TPSA) is 110 Å². The van der Waals surface area contributed by atoms with Gasteiger partial charge in [0.1, 0.15) is 6.04 Å². The monoisotopic (exact) mass is 482 g/mol. The highest BCUT2D eigenvalue weighted by Gasteiger charge is 2.38. The molecule has 0 unspecified atom stereocenters. The number of aromatic nitrogens is 7. The SMILES string of the molecule is COc1ccc(-c2nnc(N3CCc4[nH]cnc4[C@@H]3c3cc4c(C(F)(F)F)cccn4n3)o2)cn1. The number of methoxy groups -OCH3 is 1. The molecule has 0 saturated carbocycles. The largest absolute Gasteiger partial charge is 0.481 e. The minimum Gasteiger partial charge on any atom is -0.481 e. The van der Waals surface area contributed by atoms with E-state index in [0.717, 1.165) is 11.8 Å². The van der Waals surface area contributed by atoms with Crippen molar-refractivity contribution in [1.82, 2.24) is 34.8 Å². The fourth-order valence-electron chi connectivity index (χ4n) is 4.27. The van der Waals surface area contributed by atoms with E-state index in [1.54, 1.807) is 29.6 Å². The number of hydrogen-bond acceptors (Lipinski definition) is 8. The number of fused-ring (bicyclic) bond motifs is 2. The molecule has 6 rings (SSSR count). The highest BCUT2D eigenvalue weighted by atomic mass is 19.4. The van der Waals surface area contributed by atoms with Crippen LogP contribution in [0, 0.1) is 0 Å². The maximum atomic E-state index is 13.6. The van der Waals surface area contributed by atoms with Crippen LogP contribution in [0.15, 0.2) is 53.5 Å². The zero-order chi connectivity index (χ0) is 24.2. The normalized spacial score (nSPS) is 16.0. The number of aromatic amines is 1. The molecule has 0 spiro atoms. The summed E-state index contributed by atoms with van der Waals surface area (Å²) in [6.07, 6.45) is 0.678. The number of halogens is 3. The van der Waals surface area contributed by atoms with E-state index in [1.165, 1.54) is 30.0 Å². The fraction of sp³-hybridized carbons (Fsp3) is 0.227. The lowest BCUT2D eigenvalue weighted by atomic mass is 10.00. The second kappa shape index (κ2) is 7.82. The molecule has 1 N–H and O–H groups in total. The first-order chi connectivity index (χ1) is 16.9. The number of anilines is 1. The molecule has 0 bridgehead atoms. The number of nitrogens with one attached hydrogen (secondary N) is 1. The molecule has 0 aromatic carbocycles. The molecule has 0 radical (unpaired) electrons. The lowest BCUT2D eigenvalue weighted by Crippen LogP contribution is -2.36. The summed E-state index contributed by atoms with van der Waals surface area (Å²) in [6.45, 7) is 0.461. The molecule has 13 heteroatoms. The Morgan fingerprint density at radius 1 is 1.17 bits per heavy atom. The van der Waals surface area contributed by atoms with Crippen molar-refractivity contribution in [3.63, 3.8) is 0 Å². The van der Waals surface area contributed by atoms with E-state index < -0.39 is 17.8 Å². The Bertz CT molecular complexity index is 1510. The molecule has 6 heterocycles. The standard InChI is InChI=1S/C22H17F3N8O2/c1-34-17-5-4-12(10-26-17)20-29-30-21(35-20)32-8-6-14-18(28-11-27-14)19(32)15-9-16-13(22(23,24)25)3-2-7-33(16)31-15/h2-5,7,9-11,19H,6,8H2,1H3,(H,27,28)/t19-/m0/s1. The first-order valence-electron chi connectivity index (χ1n) is 10.6. The van der Waals surface area contributed by atoms with Crippen LogP contribution in [0.4, 0.5) is 19.2 Å². The van der Waals surface area contributed by atoms with Gasteiger partial charge in [-0.1, -0.05) is 5.10 Å². The summed E-state index contributed by atoms with van der Waals surface area (Å²) in [5.41, 5.74) is 1.67. The molecule has 5 aromatic rings. The van der Waals surface area contributed by atoms with Crippen molar-refractivity contribution in [2.24, 2.45) is 0 Å². The molecule has 0 amide bonds. The van der Waals surface area contributed by atoms with E-state index in [4.69, 9.17) is 9.15 Å². The lowest BCUT2D eigenvalue weighted by molar-refractivity contribution is -0.136. The molecule has 178 valence electrons. The first kappa shape index (κ1) is 21.1. The van der Waals surface area contributed by atoms with Crippen molar-refractivity contribution < 1.29 is 22.3 Å². The summed E-state index contributed by atoms with van der Waals surface area (Å²) >= 11 is 0. The Hall–Kier alpha value is -4.42. The van der Waals surface area contributed by atoms with Gasteiger partial charge in [0.2, 0.25) is 5.88 Å². The Balaban J connectivity index is 1.43. The maximum absolute atomic E-state index is 13.6. The van der Waals surface area contributed by atoms with Crippen molar-refractivity contribution in [2.75, 3.05) is 18.6 Å². The van der Waals surface area contributed by atoms with Crippen LogP contribution < -0.4 is 9.64 Å². The van der Waals surface area contributed by atoms with E-state index in [1.807, 2.05) is 0 Å². The second-order valence-electron chi connectivity index (χ2n) is 7.91. The lowest BCUT2D eigenvalue weighted by Gasteiger charge is -2.32. The van der Waals surface area contributed by atoms with Crippen molar-refractivity contribution in [3.05, 3.63) is 71.7 Å². The summed E-state index contributed by atoms with van der Waals surface area (Å²) in [7, 11) is 1.52. The Morgan fingerprint density at radius 2 is 2.06 bits per heavy atom. The van der Waals surface area contributed by atoms with Crippen LogP contribution in [0.2, 0.25) is 0 Å². The van der Waals surface area contributed by atoms with Crippen LogP contribution in [0.5, 0.6) is 5.88 Å². The highest BCUT2D eigenvalue weighted by molar-refractivity contribution is 5.59. The fourth-order valence-corrected chi connectivity index (χ4v) is 4.27. The quantitative estimate of drug-likeness (QED) is 0.413. The van der Waals surface area contributed by atoms with Crippen LogP contribution in [0.25, 0.3) is 17.0 Å². The Labute approximate surface area is 195 Å². The summed E-state index contributed by atoms with van der Waals surface area (Å²) in [5.74, 6) is 0.691. The molecule has 1 atom stereocenters. The predicted molar refractivity (Wildman–Crippen MR) is 116 cm³/mol. The Morgan fingerprint density at radius 3 is 2.83 bits per heavy atom. The van der Waals surface area contributed by atoms with Crippen LogP contribution in [-0.4, -0.2) is 48.4 Å². The zero-order valence-electron chi connectivity index (χ0n) is 18.2. The van der Waals surface area contributed by atoms with Crippen molar-refractivity contribution in [3.8, 4) is 17.3 Å². The summed E-state index contributed by atoms with van der Waals surface area (Å²) < 4.78 is 53.0. The molecular formula is C22H17F3N8O2. The van der Waals surface area contributed by atoms with E-state index in [9.17, 15) is 13.2 Å². The van der Waals surface area contributed by atoms with Gasteiger partial charge in [-0.2, -0.15) is 18.3 Å². The van der Waals surface area contributed by atoms with E-state index >= 15 is 0 Å². The van der Waals surface area contributed by atoms with E-state index in [-0.39, 0.29) is 17.4 Å². The first-order valence-corrected chi connectivity index (χ1v) is 10.6. The van der Waals surface area contributed by atoms with Gasteiger partial charge < -0.3 is 19.0 Å². The van der Waals surface area contributed by atoms with Gasteiger partial charge in [0.15, 0.2) is 0 Å². The average Bonchev–Trinajstić information content (AvgIpc) is 3.61. The number of imidazole rings is 1. The third-order valence-corrected chi connectivity index (χ3v) is 5.88. The molecule has 1 aliphatic heterocycles. The molecule has 5 aromatic heterocycles. The second-order valence-corrected chi connectivity index (χ2v) is 7.91. The predicted octanol–water partition coefficient (Wildman–Crippen LogP) is 3.68. The summed E-state index contributed by atoms with van der Waals surface area (Å²) in [4.78, 5) is 13.5. The number of alkyl halides is 3. The third kappa shape index (κ3) is 3.55. The third-order valence-electron chi connectivity index (χ3n) is 5.88. The minimum atomic E-state index is -4.52. The van der Waals surface area contributed by atoms with Gasteiger partial charge in [-0.25, -0.2) is 14.5 Å². The number of ether oxygens (including phenoxy) is 1. The smallest absolute Gasteiger partial charge is 0.418 e. The molecule has 0 saturated heterocycles. The van der Waals surface area contributed by atoms with Gasteiger partial charge in [-0.15, -0.1) is 5.10 Å². The van der Waals surface area contributed by atoms with E-state index in [0.29, 0.717) is 35.8 Å². The molecule has 0 fully saturated rings. The number of pyridine rings is 2. The van der Waals surface area contributed by atoms with Crippen molar-refractivity contribution in [1.29, 1.82) is 0 Å². The number of nitrogens with zero attached hydrogens (tertiary/aromatic N) is 7. The van der Waals surface area contributed by atoms with Gasteiger partial charge in [-0.3, -0.25) is 0 Å². The molecule has 1 aliphatic rings. The van der Waals surface area contributed by atoms with Gasteiger partial charge in [0.05, 0.1) is 41.5 Å². The number of hydrogen-bond donors (Lipinski definition) is 1. The molecule has 35 heavy (non-hydrogen) atoms. The Kier molecular flexibility index (Phi) is 4.72. The van der Waals surface area contributed by atoms with Gasteiger partial charge in [0.25, 0.3) is 5.89 Å². The maximum Gasteiger partial charge on any atom is 0.418 e. The van der Waals surface area contributed by atoms with E-state index in [2.05, 4.69) is 30.2 Å². The average molecular weight is 482 g/mol.